The maximum absolute atomic E-state index is 12.6. The molecule has 13 heteroatoms. The zero-order valence-corrected chi connectivity index (χ0v) is 17.5. The number of thioether (sulfide) groups is 1. The number of aromatic nitrogens is 1. The smallest absolute Gasteiger partial charge is 0.405 e. The lowest BCUT2D eigenvalue weighted by atomic mass is 10.3. The van der Waals surface area contributed by atoms with Crippen molar-refractivity contribution in [1.82, 2.24) is 10.3 Å². The number of methoxy groups -OCH3 is 1. The Hall–Kier alpha value is -2.93. The van der Waals surface area contributed by atoms with Crippen LogP contribution in [0.15, 0.2) is 57.0 Å². The Morgan fingerprint density at radius 1 is 1.19 bits per heavy atom. The number of ether oxygens (including phenoxy) is 1. The highest BCUT2D eigenvalue weighted by atomic mass is 32.2. The van der Waals surface area contributed by atoms with E-state index in [9.17, 15) is 26.4 Å². The first kappa shape index (κ1) is 22.7. The highest BCUT2D eigenvalue weighted by Gasteiger charge is 2.27. The van der Waals surface area contributed by atoms with Gasteiger partial charge in [0.05, 0.1) is 17.8 Å². The van der Waals surface area contributed by atoms with Crippen LogP contribution >= 0.6 is 11.8 Å². The summed E-state index contributed by atoms with van der Waals surface area (Å²) < 4.78 is 74.4. The fraction of sp³-hybridized carbons (Fsp3) is 0.222. The predicted octanol–water partition coefficient (Wildman–Crippen LogP) is 3.41. The molecule has 0 aliphatic heterocycles. The van der Waals surface area contributed by atoms with E-state index in [2.05, 4.69) is 9.71 Å². The van der Waals surface area contributed by atoms with Crippen LogP contribution in [-0.2, 0) is 14.8 Å². The van der Waals surface area contributed by atoms with Gasteiger partial charge in [0, 0.05) is 5.69 Å². The van der Waals surface area contributed by atoms with Crippen LogP contribution in [0.3, 0.4) is 0 Å². The number of carbonyl (C=O) groups excluding carboxylic acids is 1. The molecule has 2 N–H and O–H groups in total. The van der Waals surface area contributed by atoms with Crippen molar-refractivity contribution in [1.29, 1.82) is 0 Å². The zero-order chi connectivity index (χ0) is 22.6. The number of sulfonamides is 1. The Morgan fingerprint density at radius 3 is 2.55 bits per heavy atom. The molecule has 0 aliphatic carbocycles. The molecule has 1 heterocycles. The lowest BCUT2D eigenvalue weighted by Gasteiger charge is -2.08. The molecule has 0 unspecified atom stereocenters. The van der Waals surface area contributed by atoms with Crippen molar-refractivity contribution in [3.05, 3.63) is 42.5 Å². The van der Waals surface area contributed by atoms with Crippen molar-refractivity contribution >= 4 is 44.5 Å². The lowest BCUT2D eigenvalue weighted by Crippen LogP contribution is -2.34. The molecule has 0 fully saturated rings. The maximum atomic E-state index is 12.6. The third kappa shape index (κ3) is 6.28. The molecule has 31 heavy (non-hydrogen) atoms. The second-order valence-corrected chi connectivity index (χ2v) is 8.73. The van der Waals surface area contributed by atoms with Crippen LogP contribution in [0.1, 0.15) is 0 Å². The first-order valence-corrected chi connectivity index (χ1v) is 11.1. The van der Waals surface area contributed by atoms with Gasteiger partial charge >= 0.3 is 6.18 Å². The second-order valence-electron chi connectivity index (χ2n) is 6.12. The number of oxazole rings is 1. The van der Waals surface area contributed by atoms with Crippen LogP contribution in [0.5, 0.6) is 5.75 Å². The Kier molecular flexibility index (Phi) is 6.65. The largest absolute Gasteiger partial charge is 0.497 e. The number of hydrogen-bond donors (Lipinski definition) is 2. The van der Waals surface area contributed by atoms with E-state index in [0.29, 0.717) is 11.4 Å². The molecule has 0 spiro atoms. The quantitative estimate of drug-likeness (QED) is 0.481. The molecule has 0 saturated heterocycles. The van der Waals surface area contributed by atoms with Crippen molar-refractivity contribution < 1.29 is 35.5 Å². The van der Waals surface area contributed by atoms with E-state index < -0.39 is 28.7 Å². The number of benzene rings is 2. The van der Waals surface area contributed by atoms with Crippen LogP contribution < -0.4 is 14.8 Å². The number of rotatable bonds is 8. The van der Waals surface area contributed by atoms with Gasteiger partial charge in [0.2, 0.25) is 5.91 Å². The van der Waals surface area contributed by atoms with Gasteiger partial charge in [0.15, 0.2) is 5.58 Å². The monoisotopic (exact) mass is 475 g/mol. The number of fused-ring (bicyclic) bond motifs is 1. The van der Waals surface area contributed by atoms with E-state index in [-0.39, 0.29) is 27.0 Å². The van der Waals surface area contributed by atoms with Gasteiger partial charge in [-0.2, -0.15) is 13.2 Å². The molecule has 2 aromatic carbocycles. The van der Waals surface area contributed by atoms with Crippen LogP contribution in [-0.4, -0.2) is 44.9 Å². The molecule has 0 saturated carbocycles. The Balaban J connectivity index is 1.68. The van der Waals surface area contributed by atoms with Gasteiger partial charge in [-0.15, -0.1) is 0 Å². The summed E-state index contributed by atoms with van der Waals surface area (Å²) in [5.74, 6) is -0.604. The summed E-state index contributed by atoms with van der Waals surface area (Å²) in [5.41, 5.74) is 0.819. The minimum atomic E-state index is -4.50. The Labute approximate surface area is 179 Å². The zero-order valence-electron chi connectivity index (χ0n) is 15.9. The number of carbonyl (C=O) groups is 1. The summed E-state index contributed by atoms with van der Waals surface area (Å²) in [4.78, 5) is 15.5. The highest BCUT2D eigenvalue weighted by molar-refractivity contribution is 7.99. The summed E-state index contributed by atoms with van der Waals surface area (Å²) in [6.07, 6.45) is -4.50. The van der Waals surface area contributed by atoms with Gasteiger partial charge in [-0.1, -0.05) is 11.8 Å². The van der Waals surface area contributed by atoms with Gasteiger partial charge in [0.1, 0.15) is 17.8 Å². The third-order valence-corrected chi connectivity index (χ3v) is 6.01. The molecule has 0 bridgehead atoms. The molecule has 8 nitrogen and oxygen atoms in total. The molecule has 3 rings (SSSR count). The minimum Gasteiger partial charge on any atom is -0.497 e. The van der Waals surface area contributed by atoms with Crippen molar-refractivity contribution in [2.75, 3.05) is 24.1 Å². The fourth-order valence-corrected chi connectivity index (χ4v) is 4.11. The predicted molar refractivity (Wildman–Crippen MR) is 108 cm³/mol. The molecular weight excluding hydrogens is 459 g/mol. The van der Waals surface area contributed by atoms with E-state index >= 15 is 0 Å². The van der Waals surface area contributed by atoms with Crippen LogP contribution in [0.4, 0.5) is 18.9 Å². The van der Waals surface area contributed by atoms with Crippen molar-refractivity contribution in [2.24, 2.45) is 0 Å². The van der Waals surface area contributed by atoms with Crippen LogP contribution in [0.2, 0.25) is 0 Å². The topological polar surface area (TPSA) is 111 Å². The van der Waals surface area contributed by atoms with Gasteiger partial charge < -0.3 is 14.5 Å². The van der Waals surface area contributed by atoms with Crippen LogP contribution in [0.25, 0.3) is 11.1 Å². The summed E-state index contributed by atoms with van der Waals surface area (Å²) >= 11 is 0.790. The molecule has 1 amide bonds. The summed E-state index contributed by atoms with van der Waals surface area (Å²) in [5, 5.41) is 1.76. The number of nitrogens with zero attached hydrogens (tertiary/aromatic N) is 1. The van der Waals surface area contributed by atoms with Crippen molar-refractivity contribution in [3.63, 3.8) is 0 Å². The third-order valence-electron chi connectivity index (χ3n) is 3.80. The van der Waals surface area contributed by atoms with Gasteiger partial charge in [-0.05, 0) is 42.5 Å². The molecule has 0 aliphatic rings. The minimum absolute atomic E-state index is 0.0230. The average molecular weight is 475 g/mol. The number of amides is 1. The fourth-order valence-electron chi connectivity index (χ4n) is 2.37. The number of halogens is 3. The SMILES string of the molecule is COc1ccc(NS(=O)(=O)c2ccc3oc(SCC(=O)NCC(F)(F)F)nc3c2)cc1. The number of anilines is 1. The lowest BCUT2D eigenvalue weighted by molar-refractivity contribution is -0.136. The number of alkyl halides is 3. The van der Waals surface area contributed by atoms with Crippen molar-refractivity contribution in [3.8, 4) is 5.75 Å². The molecule has 0 atom stereocenters. The average Bonchev–Trinajstić information content (AvgIpc) is 3.12. The van der Waals surface area contributed by atoms with E-state index in [0.717, 1.165) is 11.8 Å². The number of hydrogen-bond acceptors (Lipinski definition) is 7. The summed E-state index contributed by atoms with van der Waals surface area (Å²) in [6.45, 7) is -1.43. The van der Waals surface area contributed by atoms with E-state index in [1.54, 1.807) is 29.6 Å². The first-order chi connectivity index (χ1) is 14.6. The van der Waals surface area contributed by atoms with Gasteiger partial charge in [-0.25, -0.2) is 13.4 Å². The molecular formula is C18H16F3N3O5S2. The number of nitrogens with one attached hydrogen (secondary N) is 2. The Bertz CT molecular complexity index is 1180. The van der Waals surface area contributed by atoms with Crippen molar-refractivity contribution in [2.45, 2.75) is 16.3 Å². The van der Waals surface area contributed by atoms with E-state index in [1.807, 2.05) is 0 Å². The highest BCUT2D eigenvalue weighted by Crippen LogP contribution is 2.26. The van der Waals surface area contributed by atoms with E-state index in [1.165, 1.54) is 25.3 Å². The second kappa shape index (κ2) is 9.06. The molecule has 3 aromatic rings. The standard InChI is InChI=1S/C18H16F3N3O5S2/c1-28-12-4-2-11(3-5-12)24-31(26,27)13-6-7-15-14(8-13)23-17(29-15)30-9-16(25)22-10-18(19,20)21/h2-8,24H,9-10H2,1H3,(H,22,25). The molecule has 166 valence electrons. The van der Waals surface area contributed by atoms with Crippen LogP contribution in [0, 0.1) is 0 Å². The maximum Gasteiger partial charge on any atom is 0.405 e. The van der Waals surface area contributed by atoms with Gasteiger partial charge in [0.25, 0.3) is 15.2 Å². The molecule has 0 radical (unpaired) electrons. The Morgan fingerprint density at radius 2 is 1.90 bits per heavy atom. The normalized spacial score (nSPS) is 12.0. The first-order valence-electron chi connectivity index (χ1n) is 8.59. The summed E-state index contributed by atoms with van der Waals surface area (Å²) in [7, 11) is -2.42. The van der Waals surface area contributed by atoms with Gasteiger partial charge in [-0.3, -0.25) is 9.52 Å². The molecule has 1 aromatic heterocycles. The van der Waals surface area contributed by atoms with E-state index in [4.69, 9.17) is 9.15 Å². The summed E-state index contributed by atoms with van der Waals surface area (Å²) in [6, 6.07) is 10.3.